The average Bonchev–Trinajstić information content (AvgIpc) is 2.78. The van der Waals surface area contributed by atoms with Crippen molar-refractivity contribution in [2.75, 3.05) is 20.2 Å². The Hall–Kier alpha value is -2.86. The molecule has 0 saturated heterocycles. The number of hydrogen-bond acceptors (Lipinski definition) is 8. The number of aromatic amines is 1. The third-order valence-corrected chi connectivity index (χ3v) is 4.35. The van der Waals surface area contributed by atoms with Crippen molar-refractivity contribution in [3.05, 3.63) is 58.8 Å². The Morgan fingerprint density at radius 2 is 1.31 bits per heavy atom. The smallest absolute Gasteiger partial charge is 0.300 e. The number of aliphatic hydroxyl groups excluding tert-OH is 5. The molecule has 0 amide bonds. The highest BCUT2D eigenvalue weighted by Crippen LogP contribution is 2.13. The molecule has 0 spiro atoms. The monoisotopic (exact) mass is 450 g/mol. The van der Waals surface area contributed by atoms with Crippen LogP contribution in [0.2, 0.25) is 0 Å². The zero-order chi connectivity index (χ0) is 24.3. The first-order chi connectivity index (χ1) is 15.1. The number of aliphatic hydroxyl groups is 5. The van der Waals surface area contributed by atoms with Gasteiger partial charge < -0.3 is 40.9 Å². The van der Waals surface area contributed by atoms with Crippen LogP contribution in [0.3, 0.4) is 0 Å². The van der Waals surface area contributed by atoms with E-state index < -0.39 is 37.0 Å². The van der Waals surface area contributed by atoms with Crippen molar-refractivity contribution in [2.45, 2.75) is 31.3 Å². The summed E-state index contributed by atoms with van der Waals surface area (Å²) in [4.78, 5) is 24.3. The number of nitrogens with one attached hydrogen (secondary N) is 2. The normalized spacial score (nSPS) is 14.3. The minimum absolute atomic E-state index is 0.0936. The van der Waals surface area contributed by atoms with Crippen molar-refractivity contribution >= 4 is 27.8 Å². The first-order valence-electron chi connectivity index (χ1n) is 9.81. The molecule has 3 aromatic rings. The van der Waals surface area contributed by atoms with Crippen LogP contribution in [0.25, 0.3) is 21.8 Å². The van der Waals surface area contributed by atoms with Crippen molar-refractivity contribution in [1.82, 2.24) is 10.3 Å². The molecule has 10 heteroatoms. The van der Waals surface area contributed by atoms with Gasteiger partial charge in [-0.25, -0.2) is 0 Å². The molecule has 0 unspecified atom stereocenters. The highest BCUT2D eigenvalue weighted by atomic mass is 16.4. The number of H-pyrrole nitrogens is 1. The number of carbonyl (C=O) groups is 1. The number of fused-ring (bicyclic) bond motifs is 2. The lowest BCUT2D eigenvalue weighted by molar-refractivity contribution is -0.134. The molecule has 176 valence electrons. The van der Waals surface area contributed by atoms with Gasteiger partial charge in [-0.1, -0.05) is 24.3 Å². The first kappa shape index (κ1) is 27.2. The highest BCUT2D eigenvalue weighted by molar-refractivity contribution is 5.92. The van der Waals surface area contributed by atoms with Crippen molar-refractivity contribution in [3.63, 3.8) is 0 Å². The van der Waals surface area contributed by atoms with Crippen LogP contribution in [0, 0.1) is 0 Å². The molecule has 0 bridgehead atoms. The number of pyridine rings is 1. The van der Waals surface area contributed by atoms with E-state index in [1.165, 1.54) is 0 Å². The SMILES string of the molecule is CC(=O)O.CNC[C@H](O)[C@@H](O)[C@H](O)[C@H](O)CO.O=c1c2ccccc2[nH]c2ccccc12. The van der Waals surface area contributed by atoms with E-state index in [1.807, 2.05) is 48.5 Å². The van der Waals surface area contributed by atoms with E-state index in [9.17, 15) is 9.90 Å². The van der Waals surface area contributed by atoms with Gasteiger partial charge in [-0.15, -0.1) is 0 Å². The maximum Gasteiger partial charge on any atom is 0.300 e. The third kappa shape index (κ3) is 8.00. The Morgan fingerprint density at radius 3 is 1.72 bits per heavy atom. The molecule has 2 aromatic carbocycles. The summed E-state index contributed by atoms with van der Waals surface area (Å²) >= 11 is 0. The number of aliphatic carboxylic acids is 1. The Morgan fingerprint density at radius 1 is 0.906 bits per heavy atom. The Balaban J connectivity index is 0.000000278. The molecule has 32 heavy (non-hydrogen) atoms. The van der Waals surface area contributed by atoms with Gasteiger partial charge >= 0.3 is 0 Å². The van der Waals surface area contributed by atoms with Gasteiger partial charge in [-0.05, 0) is 31.3 Å². The fourth-order valence-electron chi connectivity index (χ4n) is 2.76. The third-order valence-electron chi connectivity index (χ3n) is 4.35. The quantitative estimate of drug-likeness (QED) is 0.228. The fourth-order valence-corrected chi connectivity index (χ4v) is 2.76. The van der Waals surface area contributed by atoms with Gasteiger partial charge in [0, 0.05) is 35.3 Å². The van der Waals surface area contributed by atoms with Crippen molar-refractivity contribution in [3.8, 4) is 0 Å². The number of hydrogen-bond donors (Lipinski definition) is 8. The van der Waals surface area contributed by atoms with E-state index in [0.29, 0.717) is 0 Å². The predicted molar refractivity (Wildman–Crippen MR) is 120 cm³/mol. The van der Waals surface area contributed by atoms with Crippen molar-refractivity contribution < 1.29 is 35.4 Å². The second kappa shape index (κ2) is 13.5. The first-order valence-corrected chi connectivity index (χ1v) is 9.81. The number of aromatic nitrogens is 1. The minimum Gasteiger partial charge on any atom is -0.481 e. The summed E-state index contributed by atoms with van der Waals surface area (Å²) in [6.07, 6.45) is -5.65. The molecule has 1 heterocycles. The molecular formula is C22H30N2O8. The number of carboxylic acid groups (broad SMARTS) is 1. The summed E-state index contributed by atoms with van der Waals surface area (Å²) in [5, 5.41) is 56.4. The molecule has 3 rings (SSSR count). The van der Waals surface area contributed by atoms with Crippen molar-refractivity contribution in [2.24, 2.45) is 0 Å². The number of para-hydroxylation sites is 2. The molecule has 1 aromatic heterocycles. The van der Waals surface area contributed by atoms with Crippen LogP contribution in [-0.4, -0.2) is 86.2 Å². The second-order valence-electron chi connectivity index (χ2n) is 6.92. The molecule has 0 aliphatic carbocycles. The number of likely N-dealkylation sites (N-methyl/N-ethyl adjacent to an activating group) is 1. The lowest BCUT2D eigenvalue weighted by Gasteiger charge is -2.25. The largest absolute Gasteiger partial charge is 0.481 e. The highest BCUT2D eigenvalue weighted by Gasteiger charge is 2.29. The topological polar surface area (TPSA) is 183 Å². The van der Waals surface area contributed by atoms with Crippen LogP contribution in [-0.2, 0) is 4.79 Å². The molecule has 8 N–H and O–H groups in total. The Kier molecular flexibility index (Phi) is 11.5. The van der Waals surface area contributed by atoms with E-state index in [1.54, 1.807) is 7.05 Å². The molecular weight excluding hydrogens is 420 g/mol. The summed E-state index contributed by atoms with van der Waals surface area (Å²) in [5.74, 6) is -0.833. The Labute approximate surface area is 184 Å². The fraction of sp³-hybridized carbons (Fsp3) is 0.364. The van der Waals surface area contributed by atoms with Crippen LogP contribution in [0.15, 0.2) is 53.3 Å². The molecule has 10 nitrogen and oxygen atoms in total. The second-order valence-corrected chi connectivity index (χ2v) is 6.92. The van der Waals surface area contributed by atoms with Crippen LogP contribution in [0.1, 0.15) is 6.92 Å². The zero-order valence-corrected chi connectivity index (χ0v) is 17.8. The standard InChI is InChI=1S/C13H9NO.C7H17NO5.C2H4O2/c15-13-9-5-1-3-7-11(9)14-12-8-4-2-6-10(12)13;1-8-2-4(10)6(12)7(13)5(11)3-9;1-2(3)4/h1-8H,(H,14,15);4-13H,2-3H2,1H3;1H3,(H,3,4)/t;4-,5+,6+,7+;/m.0./s1. The molecule has 0 fully saturated rings. The van der Waals surface area contributed by atoms with Gasteiger partial charge in [-0.2, -0.15) is 0 Å². The van der Waals surface area contributed by atoms with Gasteiger partial charge in [0.25, 0.3) is 5.97 Å². The maximum atomic E-state index is 12.1. The number of benzene rings is 2. The zero-order valence-electron chi connectivity index (χ0n) is 17.8. The van der Waals surface area contributed by atoms with Gasteiger partial charge in [0.1, 0.15) is 18.3 Å². The lowest BCUT2D eigenvalue weighted by Crippen LogP contribution is -2.48. The van der Waals surface area contributed by atoms with Gasteiger partial charge in [0.15, 0.2) is 5.43 Å². The van der Waals surface area contributed by atoms with Crippen LogP contribution in [0.4, 0.5) is 0 Å². The molecule has 0 radical (unpaired) electrons. The van der Waals surface area contributed by atoms with E-state index in [4.69, 9.17) is 30.3 Å². The van der Waals surface area contributed by atoms with Gasteiger partial charge in [0.05, 0.1) is 12.7 Å². The van der Waals surface area contributed by atoms with Crippen LogP contribution < -0.4 is 10.7 Å². The summed E-state index contributed by atoms with van der Waals surface area (Å²) < 4.78 is 0. The Bertz CT molecular complexity index is 978. The molecule has 4 atom stereocenters. The summed E-state index contributed by atoms with van der Waals surface area (Å²) in [6, 6.07) is 15.1. The minimum atomic E-state index is -1.55. The molecule has 0 aliphatic rings. The average molecular weight is 450 g/mol. The van der Waals surface area contributed by atoms with E-state index in [2.05, 4.69) is 10.3 Å². The summed E-state index contributed by atoms with van der Waals surface area (Å²) in [5.41, 5.74) is 1.88. The molecule has 0 saturated carbocycles. The number of rotatable bonds is 6. The van der Waals surface area contributed by atoms with Crippen molar-refractivity contribution in [1.29, 1.82) is 0 Å². The van der Waals surface area contributed by atoms with E-state index >= 15 is 0 Å². The molecule has 0 aliphatic heterocycles. The van der Waals surface area contributed by atoms with Crippen LogP contribution in [0.5, 0.6) is 0 Å². The van der Waals surface area contributed by atoms with Gasteiger partial charge in [0.2, 0.25) is 0 Å². The summed E-state index contributed by atoms with van der Waals surface area (Å²) in [7, 11) is 1.57. The predicted octanol–water partition coefficient (Wildman–Crippen LogP) is -0.586. The van der Waals surface area contributed by atoms with E-state index in [-0.39, 0.29) is 12.0 Å². The maximum absolute atomic E-state index is 12.1. The summed E-state index contributed by atoms with van der Waals surface area (Å²) in [6.45, 7) is 0.515. The van der Waals surface area contributed by atoms with Crippen LogP contribution >= 0.6 is 0 Å². The number of carboxylic acids is 1. The van der Waals surface area contributed by atoms with Gasteiger partial charge in [-0.3, -0.25) is 9.59 Å². The lowest BCUT2D eigenvalue weighted by atomic mass is 10.0. The van der Waals surface area contributed by atoms with E-state index in [0.717, 1.165) is 28.7 Å².